The summed E-state index contributed by atoms with van der Waals surface area (Å²) >= 11 is 5.97. The maximum Gasteiger partial charge on any atom is 0.339 e. The summed E-state index contributed by atoms with van der Waals surface area (Å²) in [6.07, 6.45) is 0.729. The summed E-state index contributed by atoms with van der Waals surface area (Å²) in [6, 6.07) is 2.82. The maximum absolute atomic E-state index is 11.1. The highest BCUT2D eigenvalue weighted by Gasteiger charge is 2.23. The first kappa shape index (κ1) is 13.6. The van der Waals surface area contributed by atoms with Crippen molar-refractivity contribution in [3.05, 3.63) is 22.7 Å². The van der Waals surface area contributed by atoms with Gasteiger partial charge in [-0.25, -0.2) is 4.79 Å². The molecule has 0 aliphatic rings. The van der Waals surface area contributed by atoms with E-state index in [1.165, 1.54) is 12.1 Å². The van der Waals surface area contributed by atoms with Gasteiger partial charge in [-0.2, -0.15) is 0 Å². The molecule has 0 radical (unpaired) electrons. The van der Waals surface area contributed by atoms with Gasteiger partial charge in [-0.1, -0.05) is 18.5 Å². The van der Waals surface area contributed by atoms with E-state index in [1.807, 2.05) is 20.8 Å². The number of nitrogens with two attached hydrogens (primary N) is 1. The van der Waals surface area contributed by atoms with Crippen molar-refractivity contribution >= 4 is 23.3 Å². The van der Waals surface area contributed by atoms with Crippen molar-refractivity contribution in [3.63, 3.8) is 0 Å². The molecular weight excluding hydrogens is 242 g/mol. The monoisotopic (exact) mass is 257 g/mol. The lowest BCUT2D eigenvalue weighted by molar-refractivity contribution is 0.0672. The molecule has 0 atom stereocenters. The number of nitrogen functional groups attached to an aromatic ring is 1. The molecule has 0 bridgehead atoms. The normalized spacial score (nSPS) is 11.3. The summed E-state index contributed by atoms with van der Waals surface area (Å²) in [4.78, 5) is 11.1. The van der Waals surface area contributed by atoms with Crippen molar-refractivity contribution < 1.29 is 14.6 Å². The number of benzene rings is 1. The van der Waals surface area contributed by atoms with Gasteiger partial charge in [-0.15, -0.1) is 0 Å². The number of anilines is 1. The summed E-state index contributed by atoms with van der Waals surface area (Å²) in [6.45, 7) is 5.68. The van der Waals surface area contributed by atoms with E-state index in [2.05, 4.69) is 0 Å². The summed E-state index contributed by atoms with van der Waals surface area (Å²) < 4.78 is 5.66. The second kappa shape index (κ2) is 4.84. The SMILES string of the molecule is CCC(C)(C)Oc1c(Cl)cc(N)cc1C(=O)O. The Balaban J connectivity index is 3.26. The average molecular weight is 258 g/mol. The lowest BCUT2D eigenvalue weighted by Crippen LogP contribution is -2.28. The molecule has 0 spiro atoms. The Morgan fingerprint density at radius 1 is 1.53 bits per heavy atom. The predicted molar refractivity (Wildman–Crippen MR) is 67.8 cm³/mol. The van der Waals surface area contributed by atoms with Crippen LogP contribution >= 0.6 is 11.6 Å². The van der Waals surface area contributed by atoms with Gasteiger partial charge < -0.3 is 15.6 Å². The van der Waals surface area contributed by atoms with Gasteiger partial charge in [-0.3, -0.25) is 0 Å². The van der Waals surface area contributed by atoms with Crippen LogP contribution in [0.4, 0.5) is 5.69 Å². The van der Waals surface area contributed by atoms with Gasteiger partial charge in [0.15, 0.2) is 5.75 Å². The van der Waals surface area contributed by atoms with Crippen LogP contribution in [0.5, 0.6) is 5.75 Å². The number of carboxylic acid groups (broad SMARTS) is 1. The van der Waals surface area contributed by atoms with Crippen LogP contribution in [0.1, 0.15) is 37.6 Å². The molecule has 0 heterocycles. The number of carbonyl (C=O) groups is 1. The zero-order valence-corrected chi connectivity index (χ0v) is 10.8. The number of hydrogen-bond acceptors (Lipinski definition) is 3. The van der Waals surface area contributed by atoms with E-state index in [-0.39, 0.29) is 16.3 Å². The molecule has 1 aromatic carbocycles. The second-order valence-corrected chi connectivity index (χ2v) is 4.81. The minimum absolute atomic E-state index is 0.0171. The van der Waals surface area contributed by atoms with Gasteiger partial charge in [0.2, 0.25) is 0 Å². The number of rotatable bonds is 4. The van der Waals surface area contributed by atoms with Crippen molar-refractivity contribution in [2.24, 2.45) is 0 Å². The Morgan fingerprint density at radius 3 is 2.59 bits per heavy atom. The topological polar surface area (TPSA) is 72.5 Å². The minimum atomic E-state index is -1.11. The molecule has 0 amide bonds. The average Bonchev–Trinajstić information content (AvgIpc) is 2.21. The molecule has 3 N–H and O–H groups in total. The van der Waals surface area contributed by atoms with Crippen molar-refractivity contribution in [1.29, 1.82) is 0 Å². The molecule has 0 saturated heterocycles. The first-order valence-corrected chi connectivity index (χ1v) is 5.66. The molecule has 0 aliphatic heterocycles. The largest absolute Gasteiger partial charge is 0.485 e. The van der Waals surface area contributed by atoms with E-state index in [4.69, 9.17) is 27.2 Å². The van der Waals surface area contributed by atoms with Gasteiger partial charge >= 0.3 is 5.97 Å². The van der Waals surface area contributed by atoms with Crippen LogP contribution in [-0.2, 0) is 0 Å². The third-order valence-electron chi connectivity index (χ3n) is 2.53. The van der Waals surface area contributed by atoms with Crippen LogP contribution < -0.4 is 10.5 Å². The molecule has 94 valence electrons. The highest BCUT2D eigenvalue weighted by molar-refractivity contribution is 6.33. The van der Waals surface area contributed by atoms with Crippen molar-refractivity contribution in [1.82, 2.24) is 0 Å². The van der Waals surface area contributed by atoms with E-state index in [1.54, 1.807) is 0 Å². The maximum atomic E-state index is 11.1. The molecule has 1 rings (SSSR count). The highest BCUT2D eigenvalue weighted by atomic mass is 35.5. The molecule has 1 aromatic rings. The zero-order chi connectivity index (χ0) is 13.2. The molecule has 0 saturated carbocycles. The van der Waals surface area contributed by atoms with E-state index < -0.39 is 11.6 Å². The van der Waals surface area contributed by atoms with Gasteiger partial charge in [-0.05, 0) is 32.4 Å². The van der Waals surface area contributed by atoms with Crippen LogP contribution in [0.2, 0.25) is 5.02 Å². The van der Waals surface area contributed by atoms with Gasteiger partial charge in [0, 0.05) is 5.69 Å². The lowest BCUT2D eigenvalue weighted by Gasteiger charge is -2.26. The smallest absolute Gasteiger partial charge is 0.339 e. The first-order chi connectivity index (χ1) is 7.76. The van der Waals surface area contributed by atoms with Crippen molar-refractivity contribution in [2.75, 3.05) is 5.73 Å². The highest BCUT2D eigenvalue weighted by Crippen LogP contribution is 2.34. The standard InChI is InChI=1S/C12H16ClNO3/c1-4-12(2,3)17-10-8(11(15)16)5-7(14)6-9(10)13/h5-6H,4,14H2,1-3H3,(H,15,16). The Labute approximate surface area is 105 Å². The molecule has 0 aliphatic carbocycles. The summed E-state index contributed by atoms with van der Waals surface area (Å²) in [5, 5.41) is 9.30. The molecular formula is C12H16ClNO3. The fourth-order valence-corrected chi connectivity index (χ4v) is 1.49. The van der Waals surface area contributed by atoms with Crippen LogP contribution in [0.15, 0.2) is 12.1 Å². The Bertz CT molecular complexity index is 444. The molecule has 0 unspecified atom stereocenters. The number of aromatic carboxylic acids is 1. The van der Waals surface area contributed by atoms with Crippen molar-refractivity contribution in [3.8, 4) is 5.75 Å². The molecule has 5 heteroatoms. The van der Waals surface area contributed by atoms with E-state index >= 15 is 0 Å². The Hall–Kier alpha value is -1.42. The van der Waals surface area contributed by atoms with Gasteiger partial charge in [0.25, 0.3) is 0 Å². The van der Waals surface area contributed by atoms with Crippen LogP contribution in [0.25, 0.3) is 0 Å². The third kappa shape index (κ3) is 3.27. The number of hydrogen-bond donors (Lipinski definition) is 2. The first-order valence-electron chi connectivity index (χ1n) is 5.28. The lowest BCUT2D eigenvalue weighted by atomic mass is 10.1. The van der Waals surface area contributed by atoms with E-state index in [0.29, 0.717) is 5.69 Å². The fourth-order valence-electron chi connectivity index (χ4n) is 1.23. The third-order valence-corrected chi connectivity index (χ3v) is 2.81. The zero-order valence-electron chi connectivity index (χ0n) is 10.1. The molecule has 17 heavy (non-hydrogen) atoms. The predicted octanol–water partition coefficient (Wildman–Crippen LogP) is 3.19. The summed E-state index contributed by atoms with van der Waals surface area (Å²) in [5.41, 5.74) is 5.36. The van der Waals surface area contributed by atoms with E-state index in [0.717, 1.165) is 6.42 Å². The number of halogens is 1. The van der Waals surface area contributed by atoms with Gasteiger partial charge in [0.1, 0.15) is 11.2 Å². The number of carboxylic acids is 1. The second-order valence-electron chi connectivity index (χ2n) is 4.40. The summed E-state index contributed by atoms with van der Waals surface area (Å²) in [7, 11) is 0. The van der Waals surface area contributed by atoms with Crippen LogP contribution in [-0.4, -0.2) is 16.7 Å². The number of ether oxygens (including phenoxy) is 1. The van der Waals surface area contributed by atoms with Gasteiger partial charge in [0.05, 0.1) is 5.02 Å². The minimum Gasteiger partial charge on any atom is -0.485 e. The fraction of sp³-hybridized carbons (Fsp3) is 0.417. The Kier molecular flexibility index (Phi) is 3.88. The quantitative estimate of drug-likeness (QED) is 0.813. The van der Waals surface area contributed by atoms with E-state index in [9.17, 15) is 4.79 Å². The van der Waals surface area contributed by atoms with Crippen LogP contribution in [0, 0.1) is 0 Å². The molecule has 0 aromatic heterocycles. The van der Waals surface area contributed by atoms with Crippen LogP contribution in [0.3, 0.4) is 0 Å². The summed E-state index contributed by atoms with van der Waals surface area (Å²) in [5.74, 6) is -0.943. The molecule has 4 nitrogen and oxygen atoms in total. The molecule has 0 fully saturated rings. The Morgan fingerprint density at radius 2 is 2.12 bits per heavy atom. The van der Waals surface area contributed by atoms with Crippen molar-refractivity contribution in [2.45, 2.75) is 32.8 Å².